The molecule has 0 N–H and O–H groups in total. The fourth-order valence-electron chi connectivity index (χ4n) is 3.91. The van der Waals surface area contributed by atoms with E-state index < -0.39 is 6.04 Å². The van der Waals surface area contributed by atoms with Crippen molar-refractivity contribution < 1.29 is 14.0 Å². The number of nitrogens with zero attached hydrogens (tertiary/aromatic N) is 4. The van der Waals surface area contributed by atoms with Gasteiger partial charge in [-0.05, 0) is 31.2 Å². The van der Waals surface area contributed by atoms with Crippen LogP contribution in [0.5, 0.6) is 0 Å². The number of anilines is 1. The summed E-state index contributed by atoms with van der Waals surface area (Å²) in [5.74, 6) is -0.141. The molecule has 0 aliphatic carbocycles. The number of aromatic nitrogens is 2. The minimum atomic E-state index is -0.600. The standard InChI is InChI=1S/C23H20ClFN4O2/c1-3-22(31)29-9-8-28(12-21(29)14(2)30)23-17-10-18(24)16(11-20(17)26-13-27-23)15-6-4-5-7-19(15)25/h3-7,10-11,13,21H,1,8-9,12H2,2H3. The average Bonchev–Trinajstić information content (AvgIpc) is 2.78. The molecule has 0 bridgehead atoms. The van der Waals surface area contributed by atoms with Crippen molar-refractivity contribution in [2.45, 2.75) is 13.0 Å². The van der Waals surface area contributed by atoms with Crippen LogP contribution in [0.15, 0.2) is 55.4 Å². The van der Waals surface area contributed by atoms with Gasteiger partial charge in [0.25, 0.3) is 0 Å². The Labute approximate surface area is 184 Å². The minimum absolute atomic E-state index is 0.113. The first kappa shape index (κ1) is 20.9. The van der Waals surface area contributed by atoms with Crippen molar-refractivity contribution >= 4 is 40.0 Å². The number of rotatable bonds is 4. The van der Waals surface area contributed by atoms with Crippen LogP contribution in [0.3, 0.4) is 0 Å². The number of hydrogen-bond acceptors (Lipinski definition) is 5. The zero-order valence-corrected chi connectivity index (χ0v) is 17.6. The van der Waals surface area contributed by atoms with E-state index >= 15 is 0 Å². The van der Waals surface area contributed by atoms with Gasteiger partial charge < -0.3 is 9.80 Å². The summed E-state index contributed by atoms with van der Waals surface area (Å²) in [7, 11) is 0. The van der Waals surface area contributed by atoms with E-state index in [4.69, 9.17) is 11.6 Å². The van der Waals surface area contributed by atoms with Gasteiger partial charge in [0.15, 0.2) is 5.78 Å². The van der Waals surface area contributed by atoms with E-state index in [0.717, 1.165) is 0 Å². The first-order valence-corrected chi connectivity index (χ1v) is 10.2. The maximum atomic E-state index is 14.3. The summed E-state index contributed by atoms with van der Waals surface area (Å²) in [4.78, 5) is 36.6. The van der Waals surface area contributed by atoms with Gasteiger partial charge in [0, 0.05) is 41.2 Å². The van der Waals surface area contributed by atoms with Gasteiger partial charge in [-0.25, -0.2) is 14.4 Å². The molecule has 0 radical (unpaired) electrons. The third-order valence-electron chi connectivity index (χ3n) is 5.47. The number of fused-ring (bicyclic) bond motifs is 1. The van der Waals surface area contributed by atoms with Crippen LogP contribution in [-0.4, -0.2) is 52.2 Å². The molecule has 0 saturated carbocycles. The molecule has 1 amide bonds. The van der Waals surface area contributed by atoms with Gasteiger partial charge >= 0.3 is 0 Å². The molecule has 1 atom stereocenters. The van der Waals surface area contributed by atoms with Crippen molar-refractivity contribution in [2.75, 3.05) is 24.5 Å². The van der Waals surface area contributed by atoms with Gasteiger partial charge in [-0.3, -0.25) is 9.59 Å². The van der Waals surface area contributed by atoms with Crippen molar-refractivity contribution in [1.82, 2.24) is 14.9 Å². The molecule has 4 rings (SSSR count). The topological polar surface area (TPSA) is 66.4 Å². The molecule has 6 nitrogen and oxygen atoms in total. The van der Waals surface area contributed by atoms with E-state index in [-0.39, 0.29) is 17.5 Å². The maximum absolute atomic E-state index is 14.3. The highest BCUT2D eigenvalue weighted by Gasteiger charge is 2.33. The normalized spacial score (nSPS) is 16.4. The van der Waals surface area contributed by atoms with Crippen LogP contribution in [-0.2, 0) is 9.59 Å². The molecule has 2 heterocycles. The van der Waals surface area contributed by atoms with Crippen molar-refractivity contribution in [3.05, 3.63) is 66.2 Å². The molecule has 1 aromatic heterocycles. The van der Waals surface area contributed by atoms with E-state index in [1.807, 2.05) is 4.90 Å². The van der Waals surface area contributed by atoms with Gasteiger partial charge in [-0.2, -0.15) is 0 Å². The Morgan fingerprint density at radius 1 is 1.19 bits per heavy atom. The van der Waals surface area contributed by atoms with Gasteiger partial charge in [-0.15, -0.1) is 0 Å². The highest BCUT2D eigenvalue weighted by atomic mass is 35.5. The van der Waals surface area contributed by atoms with Gasteiger partial charge in [0.2, 0.25) is 5.91 Å². The predicted octanol–water partition coefficient (Wildman–Crippen LogP) is 3.88. The fraction of sp³-hybridized carbons (Fsp3) is 0.217. The summed E-state index contributed by atoms with van der Waals surface area (Å²) >= 11 is 6.52. The number of carbonyl (C=O) groups is 2. The van der Waals surface area contributed by atoms with Gasteiger partial charge in [0.05, 0.1) is 5.52 Å². The van der Waals surface area contributed by atoms with E-state index in [1.54, 1.807) is 30.3 Å². The molecule has 1 unspecified atom stereocenters. The first-order valence-electron chi connectivity index (χ1n) is 9.78. The summed E-state index contributed by atoms with van der Waals surface area (Å²) in [5, 5.41) is 1.07. The quantitative estimate of drug-likeness (QED) is 0.578. The van der Waals surface area contributed by atoms with Crippen molar-refractivity contribution in [2.24, 2.45) is 0 Å². The second kappa shape index (κ2) is 8.43. The monoisotopic (exact) mass is 438 g/mol. The Morgan fingerprint density at radius 2 is 1.97 bits per heavy atom. The second-order valence-electron chi connectivity index (χ2n) is 7.33. The molecule has 1 aliphatic heterocycles. The van der Waals surface area contributed by atoms with Crippen molar-refractivity contribution in [3.63, 3.8) is 0 Å². The van der Waals surface area contributed by atoms with Crippen LogP contribution < -0.4 is 4.90 Å². The predicted molar refractivity (Wildman–Crippen MR) is 119 cm³/mol. The number of benzene rings is 2. The second-order valence-corrected chi connectivity index (χ2v) is 7.74. The van der Waals surface area contributed by atoms with E-state index in [0.29, 0.717) is 52.5 Å². The third-order valence-corrected chi connectivity index (χ3v) is 5.79. The molecule has 1 fully saturated rings. The lowest BCUT2D eigenvalue weighted by Gasteiger charge is -2.40. The largest absolute Gasteiger partial charge is 0.352 e. The van der Waals surface area contributed by atoms with E-state index in [2.05, 4.69) is 16.5 Å². The SMILES string of the molecule is C=CC(=O)N1CCN(c2ncnc3cc(-c4ccccc4F)c(Cl)cc23)CC1C(C)=O. The Kier molecular flexibility index (Phi) is 5.69. The maximum Gasteiger partial charge on any atom is 0.246 e. The molecule has 8 heteroatoms. The fourth-order valence-corrected chi connectivity index (χ4v) is 4.17. The Morgan fingerprint density at radius 3 is 2.68 bits per heavy atom. The molecule has 0 spiro atoms. The summed E-state index contributed by atoms with van der Waals surface area (Å²) in [5.41, 5.74) is 1.54. The first-order chi connectivity index (χ1) is 14.9. The zero-order chi connectivity index (χ0) is 22.1. The molecule has 2 aromatic carbocycles. The van der Waals surface area contributed by atoms with Gasteiger partial charge in [-0.1, -0.05) is 36.4 Å². The van der Waals surface area contributed by atoms with Crippen molar-refractivity contribution in [3.8, 4) is 11.1 Å². The molecule has 1 aliphatic rings. The number of piperazine rings is 1. The smallest absolute Gasteiger partial charge is 0.246 e. The number of ketones is 1. The van der Waals surface area contributed by atoms with Gasteiger partial charge in [0.1, 0.15) is 24.0 Å². The Balaban J connectivity index is 1.75. The number of amides is 1. The van der Waals surface area contributed by atoms with Crippen LogP contribution in [0, 0.1) is 5.82 Å². The summed E-state index contributed by atoms with van der Waals surface area (Å²) < 4.78 is 14.3. The third kappa shape index (κ3) is 3.88. The lowest BCUT2D eigenvalue weighted by atomic mass is 10.0. The minimum Gasteiger partial charge on any atom is -0.352 e. The number of hydrogen-bond donors (Lipinski definition) is 0. The van der Waals surface area contributed by atoms with E-state index in [1.165, 1.54) is 30.3 Å². The van der Waals surface area contributed by atoms with Crippen LogP contribution in [0.2, 0.25) is 5.02 Å². The summed E-state index contributed by atoms with van der Waals surface area (Å²) in [6, 6.07) is 9.27. The highest BCUT2D eigenvalue weighted by molar-refractivity contribution is 6.34. The molecule has 1 saturated heterocycles. The van der Waals surface area contributed by atoms with Crippen LogP contribution in [0.1, 0.15) is 6.92 Å². The number of Topliss-reactive ketones (excluding diaryl/α,β-unsaturated/α-hetero) is 1. The molecular weight excluding hydrogens is 419 g/mol. The summed E-state index contributed by atoms with van der Waals surface area (Å²) in [6.45, 7) is 6.13. The molecule has 3 aromatic rings. The summed E-state index contributed by atoms with van der Waals surface area (Å²) in [6.07, 6.45) is 2.65. The Hall–Kier alpha value is -3.32. The molecule has 31 heavy (non-hydrogen) atoms. The van der Waals surface area contributed by atoms with Crippen LogP contribution in [0.25, 0.3) is 22.0 Å². The molecular formula is C23H20ClFN4O2. The average molecular weight is 439 g/mol. The number of halogens is 2. The lowest BCUT2D eigenvalue weighted by Crippen LogP contribution is -2.57. The molecule has 158 valence electrons. The van der Waals surface area contributed by atoms with Crippen LogP contribution >= 0.6 is 11.6 Å². The highest BCUT2D eigenvalue weighted by Crippen LogP contribution is 2.36. The van der Waals surface area contributed by atoms with Crippen molar-refractivity contribution in [1.29, 1.82) is 0 Å². The van der Waals surface area contributed by atoms with E-state index in [9.17, 15) is 14.0 Å². The van der Waals surface area contributed by atoms with Crippen LogP contribution in [0.4, 0.5) is 10.2 Å². The lowest BCUT2D eigenvalue weighted by molar-refractivity contribution is -0.135. The Bertz CT molecular complexity index is 1200. The zero-order valence-electron chi connectivity index (χ0n) is 16.9. The number of carbonyl (C=O) groups excluding carboxylic acids is 2.